The molecular weight excluding hydrogens is 264 g/mol. The Hall–Kier alpha value is -1.56. The molecular formula is C13H18N2O3S. The van der Waals surface area contributed by atoms with Crippen LogP contribution in [0.2, 0.25) is 0 Å². The lowest BCUT2D eigenvalue weighted by Gasteiger charge is -2.15. The van der Waals surface area contributed by atoms with Gasteiger partial charge in [0, 0.05) is 25.6 Å². The number of hydrogen-bond acceptors (Lipinski definition) is 4. The molecule has 6 heteroatoms. The number of ether oxygens (including phenoxy) is 1. The van der Waals surface area contributed by atoms with Crippen LogP contribution in [0.4, 0.5) is 4.79 Å². The van der Waals surface area contributed by atoms with Gasteiger partial charge in [0.15, 0.2) is 0 Å². The van der Waals surface area contributed by atoms with Crippen molar-refractivity contribution in [3.63, 3.8) is 0 Å². The molecule has 1 aliphatic rings. The highest BCUT2D eigenvalue weighted by atomic mass is 32.1. The van der Waals surface area contributed by atoms with Crippen LogP contribution in [0.15, 0.2) is 16.8 Å². The highest BCUT2D eigenvalue weighted by Crippen LogP contribution is 2.11. The van der Waals surface area contributed by atoms with Gasteiger partial charge in [-0.05, 0) is 35.2 Å². The number of aryl methyl sites for hydroxylation is 1. The predicted molar refractivity (Wildman–Crippen MR) is 73.2 cm³/mol. The second kappa shape index (κ2) is 6.56. The number of amides is 2. The molecule has 0 saturated carbocycles. The summed E-state index contributed by atoms with van der Waals surface area (Å²) in [6, 6.07) is 2.08. The summed E-state index contributed by atoms with van der Waals surface area (Å²) in [4.78, 5) is 24.7. The number of carbonyl (C=O) groups excluding carboxylic acids is 2. The van der Waals surface area contributed by atoms with E-state index in [-0.39, 0.29) is 18.0 Å². The van der Waals surface area contributed by atoms with Crippen LogP contribution in [0.1, 0.15) is 18.4 Å². The molecule has 1 saturated heterocycles. The quantitative estimate of drug-likeness (QED) is 0.913. The first kappa shape index (κ1) is 13.9. The maximum Gasteiger partial charge on any atom is 0.409 e. The topological polar surface area (TPSA) is 58.6 Å². The van der Waals surface area contributed by atoms with Crippen molar-refractivity contribution >= 4 is 23.3 Å². The summed E-state index contributed by atoms with van der Waals surface area (Å²) >= 11 is 1.64. The number of methoxy groups -OCH3 is 1. The molecule has 0 bridgehead atoms. The number of hydrogen-bond donors (Lipinski definition) is 1. The van der Waals surface area contributed by atoms with E-state index in [1.807, 2.05) is 11.4 Å². The molecule has 0 aromatic carbocycles. The molecule has 0 aliphatic carbocycles. The van der Waals surface area contributed by atoms with E-state index >= 15 is 0 Å². The first-order valence-electron chi connectivity index (χ1n) is 6.32. The van der Waals surface area contributed by atoms with Gasteiger partial charge in [-0.2, -0.15) is 11.3 Å². The van der Waals surface area contributed by atoms with E-state index in [0.29, 0.717) is 19.5 Å². The number of carbonyl (C=O) groups is 2. The molecule has 1 unspecified atom stereocenters. The van der Waals surface area contributed by atoms with Gasteiger partial charge < -0.3 is 15.0 Å². The van der Waals surface area contributed by atoms with Crippen LogP contribution in [0.25, 0.3) is 0 Å². The van der Waals surface area contributed by atoms with Crippen LogP contribution in [-0.2, 0) is 16.0 Å². The molecule has 1 atom stereocenters. The minimum absolute atomic E-state index is 0.0444. The molecule has 19 heavy (non-hydrogen) atoms. The monoisotopic (exact) mass is 282 g/mol. The largest absolute Gasteiger partial charge is 0.453 e. The van der Waals surface area contributed by atoms with Crippen molar-refractivity contribution in [2.75, 3.05) is 20.2 Å². The number of rotatable bonds is 4. The van der Waals surface area contributed by atoms with Gasteiger partial charge in [0.05, 0.1) is 7.11 Å². The zero-order chi connectivity index (χ0) is 13.7. The van der Waals surface area contributed by atoms with Gasteiger partial charge in [-0.25, -0.2) is 4.79 Å². The van der Waals surface area contributed by atoms with E-state index in [1.54, 1.807) is 16.2 Å². The van der Waals surface area contributed by atoms with Gasteiger partial charge in [0.2, 0.25) is 5.91 Å². The Morgan fingerprint density at radius 1 is 1.58 bits per heavy atom. The highest BCUT2D eigenvalue weighted by molar-refractivity contribution is 7.07. The van der Waals surface area contributed by atoms with Crippen LogP contribution < -0.4 is 5.32 Å². The van der Waals surface area contributed by atoms with Gasteiger partial charge >= 0.3 is 6.09 Å². The van der Waals surface area contributed by atoms with E-state index in [0.717, 1.165) is 12.8 Å². The van der Waals surface area contributed by atoms with Crippen molar-refractivity contribution in [3.05, 3.63) is 22.4 Å². The van der Waals surface area contributed by atoms with Crippen LogP contribution in [0, 0.1) is 0 Å². The van der Waals surface area contributed by atoms with Gasteiger partial charge in [0.25, 0.3) is 0 Å². The summed E-state index contributed by atoms with van der Waals surface area (Å²) < 4.78 is 4.66. The molecule has 5 nitrogen and oxygen atoms in total. The number of thiophene rings is 1. The summed E-state index contributed by atoms with van der Waals surface area (Å²) in [5.41, 5.74) is 1.20. The van der Waals surface area contributed by atoms with Gasteiger partial charge in [-0.3, -0.25) is 4.79 Å². The van der Waals surface area contributed by atoms with Crippen molar-refractivity contribution < 1.29 is 14.3 Å². The fourth-order valence-electron chi connectivity index (χ4n) is 2.17. The number of nitrogens with one attached hydrogen (secondary N) is 1. The molecule has 2 amide bonds. The molecule has 1 aromatic heterocycles. The van der Waals surface area contributed by atoms with Crippen LogP contribution in [0.5, 0.6) is 0 Å². The fraction of sp³-hybridized carbons (Fsp3) is 0.538. The van der Waals surface area contributed by atoms with E-state index in [9.17, 15) is 9.59 Å². The van der Waals surface area contributed by atoms with Crippen molar-refractivity contribution in [2.45, 2.75) is 25.3 Å². The Morgan fingerprint density at radius 2 is 2.42 bits per heavy atom. The third-order valence-corrected chi connectivity index (χ3v) is 3.94. The smallest absolute Gasteiger partial charge is 0.409 e. The Balaban J connectivity index is 1.70. The maximum atomic E-state index is 11.8. The van der Waals surface area contributed by atoms with Crippen molar-refractivity contribution in [3.8, 4) is 0 Å². The molecule has 1 aromatic rings. The van der Waals surface area contributed by atoms with E-state index in [1.165, 1.54) is 12.7 Å². The van der Waals surface area contributed by atoms with Crippen molar-refractivity contribution in [1.82, 2.24) is 10.2 Å². The Bertz CT molecular complexity index is 433. The number of likely N-dealkylation sites (tertiary alicyclic amines) is 1. The third-order valence-electron chi connectivity index (χ3n) is 3.21. The molecule has 1 fully saturated rings. The van der Waals surface area contributed by atoms with Crippen molar-refractivity contribution in [1.29, 1.82) is 0 Å². The third kappa shape index (κ3) is 3.96. The molecule has 2 rings (SSSR count). The molecule has 0 radical (unpaired) electrons. The van der Waals surface area contributed by atoms with Gasteiger partial charge in [-0.15, -0.1) is 0 Å². The normalized spacial score (nSPS) is 18.4. The second-order valence-corrected chi connectivity index (χ2v) is 5.38. The average Bonchev–Trinajstić information content (AvgIpc) is 3.06. The minimum Gasteiger partial charge on any atom is -0.453 e. The highest BCUT2D eigenvalue weighted by Gasteiger charge is 2.27. The Kier molecular flexibility index (Phi) is 4.79. The number of nitrogens with zero attached hydrogens (tertiary/aromatic N) is 1. The second-order valence-electron chi connectivity index (χ2n) is 4.60. The van der Waals surface area contributed by atoms with Crippen LogP contribution in [-0.4, -0.2) is 43.1 Å². The molecule has 104 valence electrons. The lowest BCUT2D eigenvalue weighted by Crippen LogP contribution is -2.38. The zero-order valence-corrected chi connectivity index (χ0v) is 11.7. The molecule has 0 spiro atoms. The summed E-state index contributed by atoms with van der Waals surface area (Å²) in [5, 5.41) is 7.03. The average molecular weight is 282 g/mol. The molecule has 1 N–H and O–H groups in total. The van der Waals surface area contributed by atoms with Crippen LogP contribution >= 0.6 is 11.3 Å². The first-order chi connectivity index (χ1) is 9.19. The van der Waals surface area contributed by atoms with Crippen LogP contribution in [0.3, 0.4) is 0 Å². The summed E-state index contributed by atoms with van der Waals surface area (Å²) in [6.45, 7) is 1.18. The summed E-state index contributed by atoms with van der Waals surface area (Å²) in [6.07, 6.45) is 1.73. The predicted octanol–water partition coefficient (Wildman–Crippen LogP) is 1.64. The lowest BCUT2D eigenvalue weighted by atomic mass is 10.2. The first-order valence-corrected chi connectivity index (χ1v) is 7.26. The fourth-order valence-corrected chi connectivity index (χ4v) is 2.87. The summed E-state index contributed by atoms with van der Waals surface area (Å²) in [5.74, 6) is 0.0444. The SMILES string of the molecule is COC(=O)N1CCC(NC(=O)CCc2ccsc2)C1. The molecule has 2 heterocycles. The lowest BCUT2D eigenvalue weighted by molar-refractivity contribution is -0.121. The van der Waals surface area contributed by atoms with E-state index in [4.69, 9.17) is 0 Å². The van der Waals surface area contributed by atoms with Gasteiger partial charge in [0.1, 0.15) is 0 Å². The Morgan fingerprint density at radius 3 is 3.11 bits per heavy atom. The van der Waals surface area contributed by atoms with E-state index in [2.05, 4.69) is 15.4 Å². The van der Waals surface area contributed by atoms with E-state index < -0.39 is 0 Å². The maximum absolute atomic E-state index is 11.8. The Labute approximate surface area is 116 Å². The standard InChI is InChI=1S/C13H18N2O3S/c1-18-13(17)15-6-4-11(8-15)14-12(16)3-2-10-5-7-19-9-10/h5,7,9,11H,2-4,6,8H2,1H3,(H,14,16). The zero-order valence-electron chi connectivity index (χ0n) is 10.9. The minimum atomic E-state index is -0.324. The molecule has 1 aliphatic heterocycles. The summed E-state index contributed by atoms with van der Waals surface area (Å²) in [7, 11) is 1.37. The van der Waals surface area contributed by atoms with Gasteiger partial charge in [-0.1, -0.05) is 0 Å². The van der Waals surface area contributed by atoms with Crippen molar-refractivity contribution in [2.24, 2.45) is 0 Å².